The SMILES string of the molecule is C[C@@H]1CO[C@]2(C[C@@H]1O[C@@H]1O[C@H](CO)[C@@H](O)[C@H](O)[C@H]1O)O[C@H]1C[C@H]3[C@@H]4C[C@@H](O)[C@]56C[C@H]5C[C@@H](O[C@@H]5O[C@H](C)[C@H](O)[C@H](O)[C@H]5O)[C@]6(C)[C@H]4CC[C@]3(C)[C@H]1[C@@H]2C. The van der Waals surface area contributed by atoms with Crippen molar-refractivity contribution >= 4 is 0 Å². The number of rotatable bonds is 5. The van der Waals surface area contributed by atoms with Crippen molar-refractivity contribution in [3.63, 3.8) is 0 Å². The van der Waals surface area contributed by atoms with Gasteiger partial charge in [-0.05, 0) is 80.5 Å². The van der Waals surface area contributed by atoms with Crippen molar-refractivity contribution in [2.75, 3.05) is 13.2 Å². The van der Waals surface area contributed by atoms with Gasteiger partial charge in [-0.1, -0.05) is 27.7 Å². The molecule has 9 aliphatic rings. The highest BCUT2D eigenvalue weighted by Crippen LogP contribution is 2.82. The van der Waals surface area contributed by atoms with Crippen molar-refractivity contribution in [1.82, 2.24) is 0 Å². The molecule has 4 saturated heterocycles. The van der Waals surface area contributed by atoms with Crippen LogP contribution in [0.15, 0.2) is 0 Å². The molecule has 0 unspecified atom stereocenters. The molecule has 9 fully saturated rings. The molecule has 5 saturated carbocycles. The summed E-state index contributed by atoms with van der Waals surface area (Å²) in [7, 11) is 0. The predicted molar refractivity (Wildman–Crippen MR) is 182 cm³/mol. The second kappa shape index (κ2) is 12.7. The Morgan fingerprint density at radius 2 is 1.45 bits per heavy atom. The summed E-state index contributed by atoms with van der Waals surface area (Å²) in [6, 6.07) is 0. The van der Waals surface area contributed by atoms with E-state index in [0.29, 0.717) is 30.8 Å². The van der Waals surface area contributed by atoms with E-state index in [1.54, 1.807) is 6.92 Å². The third-order valence-electron chi connectivity index (χ3n) is 17.3. The number of hydrogen-bond donors (Lipinski definition) is 8. The van der Waals surface area contributed by atoms with Gasteiger partial charge in [0.15, 0.2) is 18.4 Å². The first-order valence-electron chi connectivity index (χ1n) is 20.3. The van der Waals surface area contributed by atoms with Crippen LogP contribution >= 0.6 is 0 Å². The highest BCUT2D eigenvalue weighted by atomic mass is 16.7. The van der Waals surface area contributed by atoms with Crippen LogP contribution in [0.4, 0.5) is 0 Å². The summed E-state index contributed by atoms with van der Waals surface area (Å²) in [5.41, 5.74) is -0.649. The van der Waals surface area contributed by atoms with Crippen molar-refractivity contribution in [3.8, 4) is 0 Å². The fourth-order valence-electron chi connectivity index (χ4n) is 14.3. The Morgan fingerprint density at radius 3 is 2.17 bits per heavy atom. The van der Waals surface area contributed by atoms with Gasteiger partial charge < -0.3 is 69.3 Å². The van der Waals surface area contributed by atoms with Crippen LogP contribution < -0.4 is 0 Å². The first kappa shape index (κ1) is 38.0. The second-order valence-electron chi connectivity index (χ2n) is 19.3. The van der Waals surface area contributed by atoms with E-state index in [9.17, 15) is 40.9 Å². The monoisotopic (exact) mass is 754 g/mol. The van der Waals surface area contributed by atoms with E-state index in [2.05, 4.69) is 20.8 Å². The zero-order valence-corrected chi connectivity index (χ0v) is 31.5. The van der Waals surface area contributed by atoms with Gasteiger partial charge in [0.2, 0.25) is 0 Å². The minimum absolute atomic E-state index is 0.0203. The highest BCUT2D eigenvalue weighted by molar-refractivity contribution is 5.29. The summed E-state index contributed by atoms with van der Waals surface area (Å²) in [6.07, 6.45) is -7.93. The van der Waals surface area contributed by atoms with Crippen LogP contribution in [0.2, 0.25) is 0 Å². The molecule has 0 aromatic carbocycles. The molecular formula is C39H62O14. The number of hydrogen-bond acceptors (Lipinski definition) is 14. The Labute approximate surface area is 311 Å². The van der Waals surface area contributed by atoms with Gasteiger partial charge in [0.25, 0.3) is 0 Å². The van der Waals surface area contributed by atoms with Crippen LogP contribution in [0.1, 0.15) is 79.6 Å². The lowest BCUT2D eigenvalue weighted by molar-refractivity contribution is -0.344. The molecule has 0 aromatic heterocycles. The molecular weight excluding hydrogens is 692 g/mol. The normalized spacial score (nSPS) is 64.1. The van der Waals surface area contributed by atoms with Crippen LogP contribution in [-0.4, -0.2) is 146 Å². The van der Waals surface area contributed by atoms with Crippen molar-refractivity contribution in [2.45, 2.75) is 171 Å². The third-order valence-corrected chi connectivity index (χ3v) is 17.3. The number of aliphatic hydroxyl groups is 8. The number of ether oxygens (including phenoxy) is 6. The van der Waals surface area contributed by atoms with Gasteiger partial charge in [-0.15, -0.1) is 0 Å². The highest BCUT2D eigenvalue weighted by Gasteiger charge is 2.81. The molecule has 53 heavy (non-hydrogen) atoms. The van der Waals surface area contributed by atoms with Crippen molar-refractivity contribution in [1.29, 1.82) is 0 Å². The van der Waals surface area contributed by atoms with Gasteiger partial charge in [0.05, 0.1) is 43.7 Å². The lowest BCUT2D eigenvalue weighted by Crippen LogP contribution is -2.62. The van der Waals surface area contributed by atoms with Crippen LogP contribution in [0.25, 0.3) is 0 Å². The molecule has 0 radical (unpaired) electrons. The fraction of sp³-hybridized carbons (Fsp3) is 1.00. The fourth-order valence-corrected chi connectivity index (χ4v) is 14.3. The van der Waals surface area contributed by atoms with Crippen molar-refractivity contribution < 1.29 is 69.3 Å². The molecule has 0 aromatic rings. The smallest absolute Gasteiger partial charge is 0.186 e. The van der Waals surface area contributed by atoms with Crippen molar-refractivity contribution in [2.24, 2.45) is 57.7 Å². The van der Waals surface area contributed by atoms with Gasteiger partial charge in [-0.3, -0.25) is 0 Å². The van der Waals surface area contributed by atoms with E-state index < -0.39 is 86.0 Å². The summed E-state index contributed by atoms with van der Waals surface area (Å²) >= 11 is 0. The zero-order valence-electron chi connectivity index (χ0n) is 31.5. The Kier molecular flexibility index (Phi) is 9.12. The largest absolute Gasteiger partial charge is 0.394 e. The minimum atomic E-state index is -1.52. The van der Waals surface area contributed by atoms with Gasteiger partial charge in [-0.25, -0.2) is 0 Å². The lowest BCUT2D eigenvalue weighted by Gasteiger charge is -2.62. The van der Waals surface area contributed by atoms with Crippen LogP contribution in [-0.2, 0) is 28.4 Å². The minimum Gasteiger partial charge on any atom is -0.394 e. The number of aliphatic hydroxyl groups excluding tert-OH is 8. The molecule has 4 heterocycles. The molecule has 0 bridgehead atoms. The average molecular weight is 755 g/mol. The van der Waals surface area contributed by atoms with Crippen LogP contribution in [0.5, 0.6) is 0 Å². The van der Waals surface area contributed by atoms with Gasteiger partial charge in [-0.2, -0.15) is 0 Å². The molecule has 8 N–H and O–H groups in total. The number of fused-ring (bicyclic) bond motifs is 6. The maximum atomic E-state index is 12.1. The maximum absolute atomic E-state index is 12.1. The Hall–Kier alpha value is -0.560. The molecule has 14 heteroatoms. The Morgan fingerprint density at radius 1 is 0.755 bits per heavy atom. The average Bonchev–Trinajstić information content (AvgIpc) is 3.59. The third kappa shape index (κ3) is 5.07. The van der Waals surface area contributed by atoms with E-state index in [-0.39, 0.29) is 52.1 Å². The summed E-state index contributed by atoms with van der Waals surface area (Å²) in [6.45, 7) is 10.4. The van der Waals surface area contributed by atoms with E-state index >= 15 is 0 Å². The van der Waals surface area contributed by atoms with Gasteiger partial charge in [0.1, 0.15) is 42.7 Å². The van der Waals surface area contributed by atoms with Gasteiger partial charge >= 0.3 is 0 Å². The predicted octanol–water partition coefficient (Wildman–Crippen LogP) is 0.0213. The first-order valence-corrected chi connectivity index (χ1v) is 20.3. The van der Waals surface area contributed by atoms with Crippen LogP contribution in [0, 0.1) is 57.7 Å². The standard InChI is InChI=1S/C39H62O14/c1-15-14-48-39(12-23(15)50-35-33(47)31(45)29(43)24(13-40)51-35)16(2)27-22(53-39)10-21-19-9-25(41)38-11-18(38)8-26(37(38,5)20(19)6-7-36(21,27)4)52-34-32(46)30(44)28(42)17(3)49-34/h15-35,40-47H,6-14H2,1-5H3/t15-,16+,17-,18-,19-,20+,21+,22+,23+,24-,25-,26-,27+,28+,29-,30+,31+,32-,33-,34+,35-,36+,37+,38+,39-/m1/s1. The van der Waals surface area contributed by atoms with Gasteiger partial charge in [0, 0.05) is 29.1 Å². The lowest BCUT2D eigenvalue weighted by atomic mass is 9.44. The first-order chi connectivity index (χ1) is 25.0. The Balaban J connectivity index is 0.933. The molecule has 4 aliphatic heterocycles. The topological polar surface area (TPSA) is 217 Å². The second-order valence-corrected chi connectivity index (χ2v) is 19.3. The molecule has 2 spiro atoms. The van der Waals surface area contributed by atoms with E-state index in [0.717, 1.165) is 38.5 Å². The molecule has 9 rings (SSSR count). The summed E-state index contributed by atoms with van der Waals surface area (Å²) in [4.78, 5) is 0. The maximum Gasteiger partial charge on any atom is 0.186 e. The van der Waals surface area contributed by atoms with E-state index in [4.69, 9.17) is 28.4 Å². The van der Waals surface area contributed by atoms with E-state index in [1.807, 2.05) is 6.92 Å². The molecule has 0 amide bonds. The molecule has 5 aliphatic carbocycles. The summed E-state index contributed by atoms with van der Waals surface area (Å²) in [5.74, 6) is 0.453. The molecule has 14 nitrogen and oxygen atoms in total. The summed E-state index contributed by atoms with van der Waals surface area (Å²) in [5, 5.41) is 84.9. The van der Waals surface area contributed by atoms with Crippen molar-refractivity contribution in [3.05, 3.63) is 0 Å². The quantitative estimate of drug-likeness (QED) is 0.186. The van der Waals surface area contributed by atoms with E-state index in [1.165, 1.54) is 0 Å². The van der Waals surface area contributed by atoms with Crippen LogP contribution in [0.3, 0.4) is 0 Å². The Bertz CT molecular complexity index is 1400. The summed E-state index contributed by atoms with van der Waals surface area (Å²) < 4.78 is 38.3. The molecule has 302 valence electrons. The molecule has 25 atom stereocenters. The zero-order chi connectivity index (χ0) is 37.7.